The third-order valence-electron chi connectivity index (χ3n) is 4.34. The summed E-state index contributed by atoms with van der Waals surface area (Å²) in [4.78, 5) is 0. The Bertz CT molecular complexity index is 390. The van der Waals surface area contributed by atoms with Crippen molar-refractivity contribution in [2.75, 3.05) is 26.8 Å². The summed E-state index contributed by atoms with van der Waals surface area (Å²) in [6.45, 7) is 2.71. The molecule has 0 aromatic heterocycles. The van der Waals surface area contributed by atoms with Crippen molar-refractivity contribution in [2.45, 2.75) is 38.0 Å². The van der Waals surface area contributed by atoms with Crippen molar-refractivity contribution < 1.29 is 4.74 Å². The van der Waals surface area contributed by atoms with Crippen LogP contribution in [-0.2, 0) is 4.74 Å². The Hall–Kier alpha value is -0.570. The summed E-state index contributed by atoms with van der Waals surface area (Å²) in [6.07, 6.45) is 6.85. The van der Waals surface area contributed by atoms with E-state index in [9.17, 15) is 0 Å². The molecule has 0 bridgehead atoms. The zero-order valence-electron chi connectivity index (χ0n) is 12.4. The summed E-state index contributed by atoms with van der Waals surface area (Å²) in [5.41, 5.74) is 1.38. The van der Waals surface area contributed by atoms with Crippen LogP contribution < -0.4 is 5.32 Å². The molecule has 0 heterocycles. The van der Waals surface area contributed by atoms with Crippen LogP contribution in [0.5, 0.6) is 0 Å². The van der Waals surface area contributed by atoms with Crippen molar-refractivity contribution in [1.29, 1.82) is 0 Å². The number of halogens is 1. The van der Waals surface area contributed by atoms with Crippen molar-refractivity contribution in [3.8, 4) is 0 Å². The largest absolute Gasteiger partial charge is 0.383 e. The average molecular weight is 296 g/mol. The van der Waals surface area contributed by atoms with Crippen LogP contribution in [0, 0.1) is 5.92 Å². The summed E-state index contributed by atoms with van der Waals surface area (Å²) in [7, 11) is 1.75. The number of ether oxygens (including phenoxy) is 1. The molecule has 1 aromatic carbocycles. The van der Waals surface area contributed by atoms with Crippen LogP contribution >= 0.6 is 11.6 Å². The molecule has 1 aliphatic carbocycles. The number of hydrogen-bond donors (Lipinski definition) is 1. The molecule has 1 atom stereocenters. The molecule has 1 N–H and O–H groups in total. The molecule has 0 spiro atoms. The summed E-state index contributed by atoms with van der Waals surface area (Å²) in [5, 5.41) is 4.38. The minimum Gasteiger partial charge on any atom is -0.383 e. The first-order valence-corrected chi connectivity index (χ1v) is 8.14. The van der Waals surface area contributed by atoms with Gasteiger partial charge in [-0.1, -0.05) is 43.0 Å². The highest BCUT2D eigenvalue weighted by molar-refractivity contribution is 6.30. The Morgan fingerprint density at radius 3 is 2.80 bits per heavy atom. The van der Waals surface area contributed by atoms with Gasteiger partial charge in [-0.05, 0) is 42.4 Å². The van der Waals surface area contributed by atoms with E-state index in [1.807, 2.05) is 6.07 Å². The molecule has 2 rings (SSSR count). The predicted molar refractivity (Wildman–Crippen MR) is 85.5 cm³/mol. The minimum absolute atomic E-state index is 0.575. The van der Waals surface area contributed by atoms with E-state index in [0.29, 0.717) is 5.92 Å². The Morgan fingerprint density at radius 1 is 1.30 bits per heavy atom. The molecule has 0 aliphatic heterocycles. The van der Waals surface area contributed by atoms with Gasteiger partial charge in [0.1, 0.15) is 0 Å². The Balaban J connectivity index is 2.02. The van der Waals surface area contributed by atoms with Gasteiger partial charge in [0.05, 0.1) is 6.61 Å². The maximum atomic E-state index is 6.17. The highest BCUT2D eigenvalue weighted by Gasteiger charge is 2.24. The van der Waals surface area contributed by atoms with Crippen LogP contribution in [0.2, 0.25) is 5.02 Å². The maximum absolute atomic E-state index is 6.17. The average Bonchev–Trinajstić information content (AvgIpc) is 2.48. The number of benzene rings is 1. The fourth-order valence-electron chi connectivity index (χ4n) is 3.26. The molecular formula is C17H26ClNO. The van der Waals surface area contributed by atoms with Gasteiger partial charge in [0, 0.05) is 25.2 Å². The molecule has 1 fully saturated rings. The number of methoxy groups -OCH3 is 1. The molecule has 0 radical (unpaired) electrons. The fourth-order valence-corrected chi connectivity index (χ4v) is 3.46. The SMILES string of the molecule is COCCNCC(c1cccc(Cl)c1)C1CCCCC1. The van der Waals surface area contributed by atoms with Gasteiger partial charge in [0.25, 0.3) is 0 Å². The Kier molecular flexibility index (Phi) is 6.85. The standard InChI is InChI=1S/C17H26ClNO/c1-20-11-10-19-13-17(14-6-3-2-4-7-14)15-8-5-9-16(18)12-15/h5,8-9,12,14,17,19H,2-4,6-7,10-11,13H2,1H3. The molecular weight excluding hydrogens is 270 g/mol. The molecule has 1 saturated carbocycles. The monoisotopic (exact) mass is 295 g/mol. The maximum Gasteiger partial charge on any atom is 0.0587 e. The van der Waals surface area contributed by atoms with Crippen molar-refractivity contribution in [2.24, 2.45) is 5.92 Å². The normalized spacial score (nSPS) is 18.1. The molecule has 0 saturated heterocycles. The lowest BCUT2D eigenvalue weighted by molar-refractivity contribution is 0.196. The molecule has 3 heteroatoms. The van der Waals surface area contributed by atoms with Crippen molar-refractivity contribution in [3.05, 3.63) is 34.9 Å². The molecule has 20 heavy (non-hydrogen) atoms. The third kappa shape index (κ3) is 4.76. The zero-order chi connectivity index (χ0) is 14.2. The molecule has 112 valence electrons. The quantitative estimate of drug-likeness (QED) is 0.760. The summed E-state index contributed by atoms with van der Waals surface area (Å²) in [6, 6.07) is 8.39. The van der Waals surface area contributed by atoms with Crippen LogP contribution in [0.15, 0.2) is 24.3 Å². The van der Waals surface area contributed by atoms with E-state index in [1.54, 1.807) is 7.11 Å². The predicted octanol–water partition coefficient (Wildman–Crippen LogP) is 4.24. The van der Waals surface area contributed by atoms with Crippen LogP contribution in [0.3, 0.4) is 0 Å². The third-order valence-corrected chi connectivity index (χ3v) is 4.58. The van der Waals surface area contributed by atoms with Gasteiger partial charge in [-0.15, -0.1) is 0 Å². The molecule has 1 unspecified atom stereocenters. The van der Waals surface area contributed by atoms with Crippen molar-refractivity contribution in [1.82, 2.24) is 5.32 Å². The van der Waals surface area contributed by atoms with Crippen LogP contribution in [0.25, 0.3) is 0 Å². The lowest BCUT2D eigenvalue weighted by Gasteiger charge is -2.31. The second kappa shape index (κ2) is 8.66. The van der Waals surface area contributed by atoms with Crippen LogP contribution in [0.1, 0.15) is 43.6 Å². The second-order valence-corrected chi connectivity index (χ2v) is 6.19. The molecule has 0 amide bonds. The van der Waals surface area contributed by atoms with E-state index < -0.39 is 0 Å². The first-order valence-electron chi connectivity index (χ1n) is 7.76. The van der Waals surface area contributed by atoms with E-state index in [0.717, 1.165) is 30.6 Å². The first-order chi connectivity index (χ1) is 9.81. The summed E-state index contributed by atoms with van der Waals surface area (Å²) in [5.74, 6) is 1.36. The lowest BCUT2D eigenvalue weighted by atomic mass is 9.77. The number of hydrogen-bond acceptors (Lipinski definition) is 2. The van der Waals surface area contributed by atoms with Crippen LogP contribution in [0.4, 0.5) is 0 Å². The van der Waals surface area contributed by atoms with E-state index in [4.69, 9.17) is 16.3 Å². The van der Waals surface area contributed by atoms with Gasteiger partial charge >= 0.3 is 0 Å². The van der Waals surface area contributed by atoms with Gasteiger partial charge in [-0.2, -0.15) is 0 Å². The van der Waals surface area contributed by atoms with Gasteiger partial charge in [-0.25, -0.2) is 0 Å². The molecule has 2 nitrogen and oxygen atoms in total. The van der Waals surface area contributed by atoms with Gasteiger partial charge in [0.15, 0.2) is 0 Å². The lowest BCUT2D eigenvalue weighted by Crippen LogP contribution is -2.30. The van der Waals surface area contributed by atoms with Crippen molar-refractivity contribution in [3.63, 3.8) is 0 Å². The van der Waals surface area contributed by atoms with E-state index in [-0.39, 0.29) is 0 Å². The number of rotatable bonds is 7. The fraction of sp³-hybridized carbons (Fsp3) is 0.647. The smallest absolute Gasteiger partial charge is 0.0587 e. The highest BCUT2D eigenvalue weighted by atomic mass is 35.5. The number of nitrogens with one attached hydrogen (secondary N) is 1. The Labute approximate surface area is 127 Å². The highest BCUT2D eigenvalue weighted by Crippen LogP contribution is 2.36. The first kappa shape index (κ1) is 15.8. The van der Waals surface area contributed by atoms with Gasteiger partial charge < -0.3 is 10.1 Å². The Morgan fingerprint density at radius 2 is 2.10 bits per heavy atom. The summed E-state index contributed by atoms with van der Waals surface area (Å²) < 4.78 is 5.11. The zero-order valence-corrected chi connectivity index (χ0v) is 13.2. The second-order valence-electron chi connectivity index (χ2n) is 5.76. The topological polar surface area (TPSA) is 21.3 Å². The van der Waals surface area contributed by atoms with Crippen molar-refractivity contribution >= 4 is 11.6 Å². The molecule has 1 aliphatic rings. The van der Waals surface area contributed by atoms with Crippen LogP contribution in [-0.4, -0.2) is 26.8 Å². The van der Waals surface area contributed by atoms with E-state index in [1.165, 1.54) is 37.7 Å². The van der Waals surface area contributed by atoms with Gasteiger partial charge in [0.2, 0.25) is 0 Å². The van der Waals surface area contributed by atoms with Gasteiger partial charge in [-0.3, -0.25) is 0 Å². The van der Waals surface area contributed by atoms with E-state index >= 15 is 0 Å². The molecule has 1 aromatic rings. The van der Waals surface area contributed by atoms with E-state index in [2.05, 4.69) is 23.5 Å². The summed E-state index contributed by atoms with van der Waals surface area (Å²) >= 11 is 6.17. The minimum atomic E-state index is 0.575.